The molecule has 5 heteroatoms. The molecule has 2 aromatic carbocycles. The molecular weight excluding hydrogens is 342 g/mol. The number of ether oxygens (including phenoxy) is 2. The fraction of sp³-hybridized carbons (Fsp3) is 0.364. The van der Waals surface area contributed by atoms with Crippen molar-refractivity contribution in [2.75, 3.05) is 18.5 Å². The second kappa shape index (κ2) is 9.21. The fourth-order valence-corrected chi connectivity index (χ4v) is 3.18. The minimum atomic E-state index is -0.396. The molecule has 1 amide bonds. The van der Waals surface area contributed by atoms with Gasteiger partial charge in [-0.2, -0.15) is 0 Å². The van der Waals surface area contributed by atoms with Gasteiger partial charge in [0.1, 0.15) is 5.75 Å². The Hall–Kier alpha value is -2.82. The third kappa shape index (κ3) is 5.84. The summed E-state index contributed by atoms with van der Waals surface area (Å²) in [5.74, 6) is 0.0707. The van der Waals surface area contributed by atoms with Gasteiger partial charge in [0.05, 0.1) is 6.61 Å². The first-order chi connectivity index (χ1) is 13.1. The molecule has 2 aromatic rings. The second-order valence-corrected chi connectivity index (χ2v) is 6.81. The first-order valence-corrected chi connectivity index (χ1v) is 9.37. The van der Waals surface area contributed by atoms with Crippen LogP contribution >= 0.6 is 0 Å². The topological polar surface area (TPSA) is 64.6 Å². The lowest BCUT2D eigenvalue weighted by Crippen LogP contribution is -2.21. The van der Waals surface area contributed by atoms with Crippen LogP contribution < -0.4 is 10.1 Å². The summed E-state index contributed by atoms with van der Waals surface area (Å²) in [5, 5.41) is 2.78. The van der Waals surface area contributed by atoms with Gasteiger partial charge in [0, 0.05) is 12.1 Å². The van der Waals surface area contributed by atoms with Crippen molar-refractivity contribution in [3.05, 3.63) is 59.2 Å². The molecular formula is C22H25NO4. The number of carbonyl (C=O) groups excluding carboxylic acids is 2. The Morgan fingerprint density at radius 3 is 2.78 bits per heavy atom. The summed E-state index contributed by atoms with van der Waals surface area (Å²) in [7, 11) is 0. The lowest BCUT2D eigenvalue weighted by atomic mass is 10.1. The van der Waals surface area contributed by atoms with E-state index in [1.807, 2.05) is 43.3 Å². The number of nitrogens with one attached hydrogen (secondary N) is 1. The van der Waals surface area contributed by atoms with Gasteiger partial charge in [-0.1, -0.05) is 18.2 Å². The van der Waals surface area contributed by atoms with Gasteiger partial charge in [-0.05, 0) is 73.6 Å². The van der Waals surface area contributed by atoms with Gasteiger partial charge in [-0.15, -0.1) is 0 Å². The zero-order valence-electron chi connectivity index (χ0n) is 15.6. The molecule has 0 bridgehead atoms. The highest BCUT2D eigenvalue weighted by atomic mass is 16.5. The van der Waals surface area contributed by atoms with E-state index in [-0.39, 0.29) is 18.9 Å². The van der Waals surface area contributed by atoms with Crippen LogP contribution in [-0.2, 0) is 27.2 Å². The standard InChI is InChI=1S/C22H25NO4/c1-16-5-2-8-20(13-16)26-12-4-9-22(25)27-15-21(24)23-19-11-10-17-6-3-7-18(17)14-19/h2,5,8,10-11,13-14H,3-4,6-7,9,12,15H2,1H3,(H,23,24). The molecule has 0 saturated carbocycles. The highest BCUT2D eigenvalue weighted by Gasteiger charge is 2.12. The molecule has 0 spiro atoms. The molecule has 0 saturated heterocycles. The maximum absolute atomic E-state index is 12.0. The molecule has 0 unspecified atom stereocenters. The van der Waals surface area contributed by atoms with Gasteiger partial charge < -0.3 is 14.8 Å². The number of hydrogen-bond acceptors (Lipinski definition) is 4. The molecule has 1 aliphatic rings. The minimum Gasteiger partial charge on any atom is -0.494 e. The zero-order chi connectivity index (χ0) is 19.1. The molecule has 5 nitrogen and oxygen atoms in total. The smallest absolute Gasteiger partial charge is 0.306 e. The number of fused-ring (bicyclic) bond motifs is 1. The molecule has 0 aliphatic heterocycles. The van der Waals surface area contributed by atoms with Crippen molar-refractivity contribution in [1.82, 2.24) is 0 Å². The van der Waals surface area contributed by atoms with Crippen molar-refractivity contribution in [2.45, 2.75) is 39.0 Å². The van der Waals surface area contributed by atoms with Gasteiger partial charge in [0.2, 0.25) is 0 Å². The van der Waals surface area contributed by atoms with Crippen molar-refractivity contribution in [1.29, 1.82) is 0 Å². The minimum absolute atomic E-state index is 0.220. The summed E-state index contributed by atoms with van der Waals surface area (Å²) >= 11 is 0. The molecule has 142 valence electrons. The Morgan fingerprint density at radius 2 is 1.93 bits per heavy atom. The number of esters is 1. The van der Waals surface area contributed by atoms with E-state index >= 15 is 0 Å². The van der Waals surface area contributed by atoms with E-state index in [0.29, 0.717) is 13.0 Å². The zero-order valence-corrected chi connectivity index (χ0v) is 15.6. The Kier molecular flexibility index (Phi) is 6.47. The van der Waals surface area contributed by atoms with Gasteiger partial charge in [-0.25, -0.2) is 0 Å². The summed E-state index contributed by atoms with van der Waals surface area (Å²) in [6.45, 7) is 2.16. The summed E-state index contributed by atoms with van der Waals surface area (Å²) in [5.41, 5.74) is 4.52. The molecule has 3 rings (SSSR count). The largest absolute Gasteiger partial charge is 0.494 e. The number of anilines is 1. The highest BCUT2D eigenvalue weighted by molar-refractivity contribution is 5.92. The Bertz CT molecular complexity index is 816. The van der Waals surface area contributed by atoms with Crippen molar-refractivity contribution in [2.24, 2.45) is 0 Å². The third-order valence-electron chi connectivity index (χ3n) is 4.53. The maximum Gasteiger partial charge on any atom is 0.306 e. The predicted molar refractivity (Wildman–Crippen MR) is 104 cm³/mol. The normalized spacial score (nSPS) is 12.3. The number of rotatable bonds is 8. The Morgan fingerprint density at radius 1 is 1.07 bits per heavy atom. The number of amides is 1. The van der Waals surface area contributed by atoms with E-state index in [1.165, 1.54) is 11.1 Å². The van der Waals surface area contributed by atoms with Gasteiger partial charge >= 0.3 is 5.97 Å². The van der Waals surface area contributed by atoms with E-state index in [1.54, 1.807) is 0 Å². The Labute approximate surface area is 159 Å². The molecule has 27 heavy (non-hydrogen) atoms. The van der Waals surface area contributed by atoms with E-state index in [4.69, 9.17) is 9.47 Å². The summed E-state index contributed by atoms with van der Waals surface area (Å²) in [6, 6.07) is 13.7. The van der Waals surface area contributed by atoms with E-state index in [2.05, 4.69) is 11.4 Å². The molecule has 0 atom stereocenters. The van der Waals surface area contributed by atoms with Crippen LogP contribution in [0, 0.1) is 6.92 Å². The van der Waals surface area contributed by atoms with Crippen LogP contribution in [0.2, 0.25) is 0 Å². The number of aryl methyl sites for hydroxylation is 3. The molecule has 1 aliphatic carbocycles. The van der Waals surface area contributed by atoms with Crippen LogP contribution in [-0.4, -0.2) is 25.1 Å². The van der Waals surface area contributed by atoms with Gasteiger partial charge in [-0.3, -0.25) is 9.59 Å². The summed E-state index contributed by atoms with van der Waals surface area (Å²) < 4.78 is 10.6. The lowest BCUT2D eigenvalue weighted by molar-refractivity contribution is -0.147. The number of hydrogen-bond donors (Lipinski definition) is 1. The van der Waals surface area contributed by atoms with Crippen LogP contribution in [0.1, 0.15) is 36.0 Å². The van der Waals surface area contributed by atoms with E-state index in [0.717, 1.165) is 36.3 Å². The molecule has 1 N–H and O–H groups in total. The number of benzene rings is 2. The van der Waals surface area contributed by atoms with Gasteiger partial charge in [0.15, 0.2) is 6.61 Å². The average Bonchev–Trinajstić information content (AvgIpc) is 3.11. The molecule has 0 aromatic heterocycles. The van der Waals surface area contributed by atoms with Crippen LogP contribution in [0.15, 0.2) is 42.5 Å². The van der Waals surface area contributed by atoms with Crippen LogP contribution in [0.3, 0.4) is 0 Å². The first-order valence-electron chi connectivity index (χ1n) is 9.37. The summed E-state index contributed by atoms with van der Waals surface area (Å²) in [6.07, 6.45) is 4.09. The van der Waals surface area contributed by atoms with Crippen molar-refractivity contribution in [3.8, 4) is 5.75 Å². The highest BCUT2D eigenvalue weighted by Crippen LogP contribution is 2.24. The van der Waals surface area contributed by atoms with E-state index in [9.17, 15) is 9.59 Å². The van der Waals surface area contributed by atoms with Crippen LogP contribution in [0.4, 0.5) is 5.69 Å². The average molecular weight is 367 g/mol. The van der Waals surface area contributed by atoms with Crippen molar-refractivity contribution in [3.63, 3.8) is 0 Å². The fourth-order valence-electron chi connectivity index (χ4n) is 3.18. The van der Waals surface area contributed by atoms with Crippen molar-refractivity contribution >= 4 is 17.6 Å². The first kappa shape index (κ1) is 19.0. The quantitative estimate of drug-likeness (QED) is 0.569. The monoisotopic (exact) mass is 367 g/mol. The SMILES string of the molecule is Cc1cccc(OCCCC(=O)OCC(=O)Nc2ccc3c(c2)CCC3)c1. The third-order valence-corrected chi connectivity index (χ3v) is 4.53. The maximum atomic E-state index is 12.0. The number of carbonyl (C=O) groups is 2. The van der Waals surface area contributed by atoms with Crippen LogP contribution in [0.5, 0.6) is 5.75 Å². The van der Waals surface area contributed by atoms with E-state index < -0.39 is 5.97 Å². The van der Waals surface area contributed by atoms with Gasteiger partial charge in [0.25, 0.3) is 5.91 Å². The van der Waals surface area contributed by atoms with Crippen LogP contribution in [0.25, 0.3) is 0 Å². The predicted octanol–water partition coefficient (Wildman–Crippen LogP) is 3.82. The lowest BCUT2D eigenvalue weighted by Gasteiger charge is -2.09. The van der Waals surface area contributed by atoms with Crippen molar-refractivity contribution < 1.29 is 19.1 Å². The Balaban J connectivity index is 1.32. The molecule has 0 radical (unpaired) electrons. The summed E-state index contributed by atoms with van der Waals surface area (Å²) in [4.78, 5) is 23.7. The second-order valence-electron chi connectivity index (χ2n) is 6.81. The molecule has 0 fully saturated rings. The molecule has 0 heterocycles.